The van der Waals surface area contributed by atoms with E-state index in [2.05, 4.69) is 44.7 Å². The van der Waals surface area contributed by atoms with Crippen LogP contribution in [0.25, 0.3) is 67.2 Å². The molecule has 0 amide bonds. The van der Waals surface area contributed by atoms with Crippen molar-refractivity contribution in [2.45, 2.75) is 12.5 Å². The number of alkyl halides is 6. The monoisotopic (exact) mass is 729 g/mol. The summed E-state index contributed by atoms with van der Waals surface area (Å²) in [5.74, 6) is 0.710. The van der Waals surface area contributed by atoms with Crippen molar-refractivity contribution in [3.05, 3.63) is 116 Å². The topological polar surface area (TPSA) is 135 Å². The molecule has 0 spiro atoms. The van der Waals surface area contributed by atoms with Gasteiger partial charge in [0.2, 0.25) is 17.5 Å². The average Bonchev–Trinajstić information content (AvgIpc) is 3.85. The van der Waals surface area contributed by atoms with Crippen LogP contribution in [-0.2, 0) is 0 Å². The first-order valence-corrected chi connectivity index (χ1v) is 15.3. The number of hydrogen-bond donors (Lipinski definition) is 0. The Kier molecular flexibility index (Phi) is 9.37. The molecular weight excluding hydrogens is 708 g/mol. The van der Waals surface area contributed by atoms with Crippen LogP contribution < -0.4 is 9.47 Å². The van der Waals surface area contributed by atoms with Gasteiger partial charge in [0, 0.05) is 64.5 Å². The molecule has 8 rings (SSSR count). The summed E-state index contributed by atoms with van der Waals surface area (Å²) in [6, 6.07) is 23.0. The lowest BCUT2D eigenvalue weighted by Gasteiger charge is -2.08. The van der Waals surface area contributed by atoms with Gasteiger partial charge in [0.25, 0.3) is 11.8 Å². The first-order valence-electron chi connectivity index (χ1n) is 15.3. The van der Waals surface area contributed by atoms with Gasteiger partial charge in [-0.05, 0) is 53.2 Å². The molecule has 0 radical (unpaired) electrons. The second-order valence-electron chi connectivity index (χ2n) is 11.0. The maximum Gasteiger partial charge on any atom is 0.573 e. The summed E-state index contributed by atoms with van der Waals surface area (Å²) in [4.78, 5) is 20.7. The zero-order valence-corrected chi connectivity index (χ0v) is 26.7. The van der Waals surface area contributed by atoms with Crippen LogP contribution >= 0.6 is 0 Å². The molecule has 0 unspecified atom stereocenters. The van der Waals surface area contributed by atoms with Crippen LogP contribution in [0.4, 0.5) is 26.3 Å². The molecule has 0 aliphatic rings. The van der Waals surface area contributed by atoms with Crippen molar-refractivity contribution in [2.75, 3.05) is 6.61 Å². The van der Waals surface area contributed by atoms with Gasteiger partial charge in [-0.3, -0.25) is 9.97 Å². The number of halogens is 6. The van der Waals surface area contributed by atoms with Crippen molar-refractivity contribution in [1.82, 2.24) is 35.2 Å². The number of nitrogens with zero attached hydrogens (tertiary/aromatic N) is 7. The van der Waals surface area contributed by atoms with Crippen LogP contribution in [0.15, 0.2) is 125 Å². The Morgan fingerprint density at radius 3 is 1.64 bits per heavy atom. The van der Waals surface area contributed by atoms with Crippen LogP contribution in [0.1, 0.15) is 0 Å². The van der Waals surface area contributed by atoms with E-state index in [1.165, 1.54) is 42.6 Å². The summed E-state index contributed by atoms with van der Waals surface area (Å²) in [6.07, 6.45) is -1.01. The maximum atomic E-state index is 12.2. The molecule has 3 aromatic carbocycles. The van der Waals surface area contributed by atoms with Crippen molar-refractivity contribution in [3.63, 3.8) is 0 Å². The van der Waals surface area contributed by atoms with Crippen molar-refractivity contribution >= 4 is 21.5 Å². The molecule has 0 saturated carbocycles. The van der Waals surface area contributed by atoms with Crippen LogP contribution in [0.5, 0.6) is 11.6 Å². The van der Waals surface area contributed by atoms with Crippen molar-refractivity contribution < 1.29 is 44.9 Å². The van der Waals surface area contributed by atoms with E-state index >= 15 is 0 Å². The molecular formula is C36H21F6N7O4. The van der Waals surface area contributed by atoms with Crippen molar-refractivity contribution in [3.8, 4) is 57.3 Å². The molecule has 0 fully saturated rings. The standard InChI is InChI=1S/C18H11F3N4O2.C18H10F3N3O2/c19-18(20,21)10-26-15-5-4-12(9-23-15)17-24-16(25-27-17)14-3-1-2-11-8-22-7-6-13(11)14;19-18(20,21)25-13-6-4-11(5-7-13)17-23-16(24-26-17)15-3-1-2-12-10-22-9-8-14(12)15/h1-9H,10H2;1-10H. The molecule has 5 aromatic heterocycles. The number of aromatic nitrogens is 7. The number of pyridine rings is 3. The summed E-state index contributed by atoms with van der Waals surface area (Å²) in [6.45, 7) is -1.40. The third kappa shape index (κ3) is 8.36. The summed E-state index contributed by atoms with van der Waals surface area (Å²) in [5.41, 5.74) is 2.51. The molecule has 5 heterocycles. The second-order valence-corrected chi connectivity index (χ2v) is 11.0. The lowest BCUT2D eigenvalue weighted by molar-refractivity contribution is -0.274. The SMILES string of the molecule is FC(F)(F)COc1ccc(-c2nc(-c3cccc4cnccc34)no2)cn1.FC(F)(F)Oc1ccc(-c2nc(-c3cccc4cnccc34)no2)cc1. The van der Waals surface area contributed by atoms with Gasteiger partial charge >= 0.3 is 12.5 Å². The number of hydrogen-bond acceptors (Lipinski definition) is 11. The van der Waals surface area contributed by atoms with Gasteiger partial charge in [-0.15, -0.1) is 13.2 Å². The van der Waals surface area contributed by atoms with Gasteiger partial charge in [0.15, 0.2) is 6.61 Å². The van der Waals surface area contributed by atoms with E-state index in [4.69, 9.17) is 9.05 Å². The maximum absolute atomic E-state index is 12.2. The third-order valence-electron chi connectivity index (χ3n) is 7.40. The summed E-state index contributed by atoms with van der Waals surface area (Å²) < 4.78 is 92.1. The Morgan fingerprint density at radius 2 is 1.13 bits per heavy atom. The van der Waals surface area contributed by atoms with E-state index < -0.39 is 19.1 Å². The van der Waals surface area contributed by atoms with E-state index in [0.717, 1.165) is 32.7 Å². The molecule has 17 heteroatoms. The Morgan fingerprint density at radius 1 is 0.585 bits per heavy atom. The largest absolute Gasteiger partial charge is 0.573 e. The van der Waals surface area contributed by atoms with E-state index in [9.17, 15) is 26.3 Å². The number of fused-ring (bicyclic) bond motifs is 2. The van der Waals surface area contributed by atoms with Crippen LogP contribution in [0, 0.1) is 0 Å². The first-order chi connectivity index (χ1) is 25.5. The van der Waals surface area contributed by atoms with Gasteiger partial charge < -0.3 is 18.5 Å². The minimum Gasteiger partial charge on any atom is -0.468 e. The molecule has 266 valence electrons. The Balaban J connectivity index is 0.000000164. The lowest BCUT2D eigenvalue weighted by atomic mass is 10.1. The van der Waals surface area contributed by atoms with Gasteiger partial charge in [-0.2, -0.15) is 23.1 Å². The highest BCUT2D eigenvalue weighted by Crippen LogP contribution is 2.31. The Hall–Kier alpha value is -6.91. The molecule has 8 aromatic rings. The molecule has 0 atom stereocenters. The molecule has 53 heavy (non-hydrogen) atoms. The van der Waals surface area contributed by atoms with Crippen LogP contribution in [0.2, 0.25) is 0 Å². The van der Waals surface area contributed by atoms with E-state index in [0.29, 0.717) is 22.8 Å². The molecule has 0 aliphatic heterocycles. The first kappa shape index (κ1) is 34.5. The number of benzene rings is 3. The van der Waals surface area contributed by atoms with Gasteiger partial charge in [-0.1, -0.05) is 46.7 Å². The zero-order valence-electron chi connectivity index (χ0n) is 26.7. The molecule has 0 bridgehead atoms. The highest BCUT2D eigenvalue weighted by Gasteiger charge is 2.31. The average molecular weight is 730 g/mol. The molecule has 0 saturated heterocycles. The van der Waals surface area contributed by atoms with Crippen LogP contribution in [-0.4, -0.2) is 54.4 Å². The number of ether oxygens (including phenoxy) is 2. The van der Waals surface area contributed by atoms with Gasteiger partial charge in [0.1, 0.15) is 5.75 Å². The minimum atomic E-state index is -4.73. The fourth-order valence-corrected chi connectivity index (χ4v) is 5.08. The summed E-state index contributed by atoms with van der Waals surface area (Å²) >= 11 is 0. The van der Waals surface area contributed by atoms with E-state index in [1.807, 2.05) is 48.5 Å². The molecule has 0 aliphatic carbocycles. The highest BCUT2D eigenvalue weighted by atomic mass is 19.4. The van der Waals surface area contributed by atoms with E-state index in [1.54, 1.807) is 24.8 Å². The molecule has 0 N–H and O–H groups in total. The van der Waals surface area contributed by atoms with Crippen molar-refractivity contribution in [1.29, 1.82) is 0 Å². The summed E-state index contributed by atoms with van der Waals surface area (Å²) in [5, 5.41) is 11.7. The zero-order chi connectivity index (χ0) is 37.0. The van der Waals surface area contributed by atoms with Crippen molar-refractivity contribution in [2.24, 2.45) is 0 Å². The smallest absolute Gasteiger partial charge is 0.468 e. The minimum absolute atomic E-state index is 0.141. The predicted octanol–water partition coefficient (Wildman–Crippen LogP) is 9.14. The van der Waals surface area contributed by atoms with Gasteiger partial charge in [0.05, 0.1) is 5.56 Å². The van der Waals surface area contributed by atoms with Crippen LogP contribution in [0.3, 0.4) is 0 Å². The predicted molar refractivity (Wildman–Crippen MR) is 177 cm³/mol. The lowest BCUT2D eigenvalue weighted by Crippen LogP contribution is -2.19. The Labute approximate surface area is 293 Å². The fraction of sp³-hybridized carbons (Fsp3) is 0.0833. The van der Waals surface area contributed by atoms with E-state index in [-0.39, 0.29) is 23.4 Å². The summed E-state index contributed by atoms with van der Waals surface area (Å²) in [7, 11) is 0. The Bertz CT molecular complexity index is 2470. The number of rotatable bonds is 7. The quantitative estimate of drug-likeness (QED) is 0.145. The molecule has 11 nitrogen and oxygen atoms in total. The highest BCUT2D eigenvalue weighted by molar-refractivity contribution is 5.95. The van der Waals surface area contributed by atoms with Gasteiger partial charge in [-0.25, -0.2) is 4.98 Å². The second kappa shape index (κ2) is 14.4. The third-order valence-corrected chi connectivity index (χ3v) is 7.40. The fourth-order valence-electron chi connectivity index (χ4n) is 5.08. The normalized spacial score (nSPS) is 11.7.